The van der Waals surface area contributed by atoms with Crippen LogP contribution in [-0.2, 0) is 0 Å². The predicted octanol–water partition coefficient (Wildman–Crippen LogP) is 3.09. The van der Waals surface area contributed by atoms with Crippen molar-refractivity contribution in [2.24, 2.45) is 4.99 Å². The molecule has 0 aromatic carbocycles. The molecular formula is C18H36N4S. The Morgan fingerprint density at radius 1 is 1.17 bits per heavy atom. The first-order valence-electron chi connectivity index (χ1n) is 9.61. The topological polar surface area (TPSA) is 39.7 Å². The molecule has 0 aromatic heterocycles. The lowest BCUT2D eigenvalue weighted by Gasteiger charge is -2.19. The van der Waals surface area contributed by atoms with Gasteiger partial charge in [-0.3, -0.25) is 4.99 Å². The van der Waals surface area contributed by atoms with E-state index in [0.717, 1.165) is 24.3 Å². The molecule has 2 unspecified atom stereocenters. The molecule has 1 heterocycles. The smallest absolute Gasteiger partial charge is 0.191 e. The third-order valence-corrected chi connectivity index (χ3v) is 6.10. The average molecular weight is 341 g/mol. The van der Waals surface area contributed by atoms with Crippen molar-refractivity contribution in [3.8, 4) is 0 Å². The number of aliphatic imine (C=N–C) groups is 1. The number of rotatable bonds is 7. The molecule has 5 heteroatoms. The Hall–Kier alpha value is -0.420. The number of guanidine groups is 1. The van der Waals surface area contributed by atoms with Crippen LogP contribution in [0.15, 0.2) is 4.99 Å². The maximum atomic E-state index is 4.80. The summed E-state index contributed by atoms with van der Waals surface area (Å²) in [7, 11) is 0. The largest absolute Gasteiger partial charge is 0.357 e. The summed E-state index contributed by atoms with van der Waals surface area (Å²) < 4.78 is 0. The minimum atomic E-state index is 0.607. The molecular weight excluding hydrogens is 304 g/mol. The van der Waals surface area contributed by atoms with E-state index in [2.05, 4.69) is 28.7 Å². The molecule has 0 spiro atoms. The minimum absolute atomic E-state index is 0.607. The maximum Gasteiger partial charge on any atom is 0.191 e. The fourth-order valence-corrected chi connectivity index (χ4v) is 4.44. The fourth-order valence-electron chi connectivity index (χ4n) is 3.64. The van der Waals surface area contributed by atoms with Gasteiger partial charge in [0.1, 0.15) is 0 Å². The van der Waals surface area contributed by atoms with E-state index in [1.807, 2.05) is 11.8 Å². The summed E-state index contributed by atoms with van der Waals surface area (Å²) in [5.41, 5.74) is 0. The van der Waals surface area contributed by atoms with Gasteiger partial charge in [-0.1, -0.05) is 12.8 Å². The first-order valence-corrected chi connectivity index (χ1v) is 10.9. The zero-order valence-electron chi connectivity index (χ0n) is 15.1. The van der Waals surface area contributed by atoms with Gasteiger partial charge >= 0.3 is 0 Å². The van der Waals surface area contributed by atoms with E-state index in [0.29, 0.717) is 6.04 Å². The maximum absolute atomic E-state index is 4.80. The van der Waals surface area contributed by atoms with Crippen LogP contribution in [0, 0.1) is 0 Å². The molecule has 0 bridgehead atoms. The standard InChI is InChI=1S/C18H36N4S/c1-3-19-18(21-16-9-10-17(15-16)23-2)20-11-8-14-22-12-6-4-5-7-13-22/h16-17H,3-15H2,1-2H3,(H2,19,20,21). The lowest BCUT2D eigenvalue weighted by molar-refractivity contribution is 0.283. The van der Waals surface area contributed by atoms with Crippen molar-refractivity contribution in [3.05, 3.63) is 0 Å². The van der Waals surface area contributed by atoms with E-state index in [9.17, 15) is 0 Å². The lowest BCUT2D eigenvalue weighted by atomic mass is 10.2. The summed E-state index contributed by atoms with van der Waals surface area (Å²) >= 11 is 2.01. The molecule has 0 radical (unpaired) electrons. The lowest BCUT2D eigenvalue weighted by Crippen LogP contribution is -2.42. The summed E-state index contributed by atoms with van der Waals surface area (Å²) in [4.78, 5) is 7.42. The first kappa shape index (κ1) is 18.9. The number of hydrogen-bond acceptors (Lipinski definition) is 3. The molecule has 4 nitrogen and oxygen atoms in total. The number of nitrogens with one attached hydrogen (secondary N) is 2. The summed E-state index contributed by atoms with van der Waals surface area (Å²) in [6, 6.07) is 0.607. The highest BCUT2D eigenvalue weighted by Gasteiger charge is 2.24. The van der Waals surface area contributed by atoms with Crippen molar-refractivity contribution >= 4 is 17.7 Å². The summed E-state index contributed by atoms with van der Waals surface area (Å²) in [6.45, 7) is 7.82. The van der Waals surface area contributed by atoms with Crippen LogP contribution >= 0.6 is 11.8 Å². The van der Waals surface area contributed by atoms with Gasteiger partial charge in [-0.05, 0) is 71.3 Å². The highest BCUT2D eigenvalue weighted by atomic mass is 32.2. The Balaban J connectivity index is 1.68. The molecule has 1 saturated heterocycles. The molecule has 0 aromatic rings. The van der Waals surface area contributed by atoms with Gasteiger partial charge in [-0.25, -0.2) is 0 Å². The van der Waals surface area contributed by atoms with Crippen LogP contribution in [0.25, 0.3) is 0 Å². The third kappa shape index (κ3) is 7.34. The number of thioether (sulfide) groups is 1. The number of hydrogen-bond donors (Lipinski definition) is 2. The Bertz CT molecular complexity index is 340. The van der Waals surface area contributed by atoms with Gasteiger partial charge in [0.2, 0.25) is 0 Å². The fraction of sp³-hybridized carbons (Fsp3) is 0.944. The average Bonchev–Trinajstić information content (AvgIpc) is 2.85. The van der Waals surface area contributed by atoms with Gasteiger partial charge < -0.3 is 15.5 Å². The van der Waals surface area contributed by atoms with Crippen LogP contribution in [0.1, 0.15) is 58.3 Å². The normalized spacial score (nSPS) is 27.0. The molecule has 0 amide bonds. The second kappa shape index (κ2) is 11.2. The van der Waals surface area contributed by atoms with E-state index in [4.69, 9.17) is 4.99 Å². The summed E-state index contributed by atoms with van der Waals surface area (Å²) in [5, 5.41) is 7.88. The van der Waals surface area contributed by atoms with E-state index in [-0.39, 0.29) is 0 Å². The monoisotopic (exact) mass is 340 g/mol. The molecule has 1 saturated carbocycles. The van der Waals surface area contributed by atoms with Crippen molar-refractivity contribution in [1.82, 2.24) is 15.5 Å². The van der Waals surface area contributed by atoms with E-state index in [1.165, 1.54) is 71.0 Å². The molecule has 1 aliphatic carbocycles. The molecule has 23 heavy (non-hydrogen) atoms. The predicted molar refractivity (Wildman–Crippen MR) is 104 cm³/mol. The van der Waals surface area contributed by atoms with Crippen molar-refractivity contribution in [2.45, 2.75) is 69.6 Å². The minimum Gasteiger partial charge on any atom is -0.357 e. The SMILES string of the molecule is CCNC(=NCCCN1CCCCCC1)NC1CCC(SC)C1. The molecule has 1 aliphatic heterocycles. The number of nitrogens with zero attached hydrogens (tertiary/aromatic N) is 2. The highest BCUT2D eigenvalue weighted by molar-refractivity contribution is 7.99. The first-order chi connectivity index (χ1) is 11.3. The Morgan fingerprint density at radius 3 is 2.61 bits per heavy atom. The Morgan fingerprint density at radius 2 is 1.96 bits per heavy atom. The van der Waals surface area contributed by atoms with Gasteiger partial charge in [-0.2, -0.15) is 11.8 Å². The van der Waals surface area contributed by atoms with Gasteiger partial charge in [0.25, 0.3) is 0 Å². The van der Waals surface area contributed by atoms with Crippen LogP contribution in [0.4, 0.5) is 0 Å². The van der Waals surface area contributed by atoms with E-state index >= 15 is 0 Å². The molecule has 2 atom stereocenters. The zero-order valence-corrected chi connectivity index (χ0v) is 16.0. The highest BCUT2D eigenvalue weighted by Crippen LogP contribution is 2.27. The summed E-state index contributed by atoms with van der Waals surface area (Å²) in [5.74, 6) is 1.02. The second-order valence-electron chi connectivity index (χ2n) is 6.88. The molecule has 2 rings (SSSR count). The molecule has 2 N–H and O–H groups in total. The Labute approximate surface area is 147 Å². The van der Waals surface area contributed by atoms with Gasteiger partial charge in [0.05, 0.1) is 0 Å². The molecule has 2 fully saturated rings. The molecule has 2 aliphatic rings. The van der Waals surface area contributed by atoms with Crippen LogP contribution in [0.2, 0.25) is 0 Å². The number of likely N-dealkylation sites (tertiary alicyclic amines) is 1. The van der Waals surface area contributed by atoms with Gasteiger partial charge in [0, 0.05) is 24.4 Å². The van der Waals surface area contributed by atoms with Gasteiger partial charge in [0.15, 0.2) is 5.96 Å². The van der Waals surface area contributed by atoms with Crippen molar-refractivity contribution in [2.75, 3.05) is 39.0 Å². The van der Waals surface area contributed by atoms with Crippen LogP contribution < -0.4 is 10.6 Å². The van der Waals surface area contributed by atoms with Crippen molar-refractivity contribution in [1.29, 1.82) is 0 Å². The molecule has 134 valence electrons. The van der Waals surface area contributed by atoms with Gasteiger partial charge in [-0.15, -0.1) is 0 Å². The summed E-state index contributed by atoms with van der Waals surface area (Å²) in [6.07, 6.45) is 12.9. The second-order valence-corrected chi connectivity index (χ2v) is 8.02. The van der Waals surface area contributed by atoms with E-state index in [1.54, 1.807) is 0 Å². The van der Waals surface area contributed by atoms with E-state index < -0.39 is 0 Å². The quantitative estimate of drug-likeness (QED) is 0.424. The third-order valence-electron chi connectivity index (χ3n) is 5.00. The van der Waals surface area contributed by atoms with Crippen LogP contribution in [-0.4, -0.2) is 61.1 Å². The van der Waals surface area contributed by atoms with Crippen molar-refractivity contribution in [3.63, 3.8) is 0 Å². The zero-order chi connectivity index (χ0) is 16.3. The van der Waals surface area contributed by atoms with Crippen molar-refractivity contribution < 1.29 is 0 Å². The Kier molecular flexibility index (Phi) is 9.20. The van der Waals surface area contributed by atoms with Crippen LogP contribution in [0.5, 0.6) is 0 Å². The van der Waals surface area contributed by atoms with Crippen LogP contribution in [0.3, 0.4) is 0 Å².